The summed E-state index contributed by atoms with van der Waals surface area (Å²) < 4.78 is 5.05. The number of pyridine rings is 1. The van der Waals surface area contributed by atoms with Crippen molar-refractivity contribution in [1.29, 1.82) is 0 Å². The molecule has 5 nitrogen and oxygen atoms in total. The van der Waals surface area contributed by atoms with Crippen LogP contribution in [0.4, 0.5) is 0 Å². The average Bonchev–Trinajstić information content (AvgIpc) is 2.52. The fraction of sp³-hybridized carbons (Fsp3) is 0.200. The van der Waals surface area contributed by atoms with Gasteiger partial charge >= 0.3 is 0 Å². The minimum atomic E-state index is -0.805. The van der Waals surface area contributed by atoms with Gasteiger partial charge in [0, 0.05) is 18.9 Å². The summed E-state index contributed by atoms with van der Waals surface area (Å²) in [5.74, 6) is 0.355. The first-order valence-corrected chi connectivity index (χ1v) is 6.69. The first-order chi connectivity index (χ1) is 10.1. The second kappa shape index (κ2) is 7.06. The van der Waals surface area contributed by atoms with Crippen LogP contribution in [0.15, 0.2) is 42.7 Å². The summed E-state index contributed by atoms with van der Waals surface area (Å²) in [6, 6.07) is 8.52. The number of nitrogens with zero attached hydrogens (tertiary/aromatic N) is 1. The molecule has 0 spiro atoms. The van der Waals surface area contributed by atoms with Crippen molar-refractivity contribution < 1.29 is 14.6 Å². The Bertz CT molecular complexity index is 617. The number of carbonyl (C=O) groups is 1. The predicted molar refractivity (Wildman–Crippen MR) is 79.5 cm³/mol. The van der Waals surface area contributed by atoms with Gasteiger partial charge in [0.2, 0.25) is 0 Å². The van der Waals surface area contributed by atoms with Gasteiger partial charge in [-0.3, -0.25) is 9.78 Å². The largest absolute Gasteiger partial charge is 0.497 e. The van der Waals surface area contributed by atoms with Crippen LogP contribution in [0.2, 0.25) is 5.02 Å². The zero-order valence-corrected chi connectivity index (χ0v) is 12.2. The summed E-state index contributed by atoms with van der Waals surface area (Å²) in [5, 5.41) is 13.0. The van der Waals surface area contributed by atoms with Crippen LogP contribution in [-0.2, 0) is 0 Å². The van der Waals surface area contributed by atoms with Crippen molar-refractivity contribution in [3.05, 3.63) is 58.9 Å². The van der Waals surface area contributed by atoms with Crippen molar-refractivity contribution in [3.63, 3.8) is 0 Å². The Kier molecular flexibility index (Phi) is 5.14. The van der Waals surface area contributed by atoms with Crippen molar-refractivity contribution in [2.24, 2.45) is 0 Å². The number of halogens is 1. The summed E-state index contributed by atoms with van der Waals surface area (Å²) in [7, 11) is 1.57. The van der Waals surface area contributed by atoms with Crippen LogP contribution < -0.4 is 10.1 Å². The molecule has 6 heteroatoms. The van der Waals surface area contributed by atoms with Crippen LogP contribution in [0.1, 0.15) is 22.0 Å². The van der Waals surface area contributed by atoms with Gasteiger partial charge in [-0.1, -0.05) is 23.7 Å². The molecule has 0 fully saturated rings. The van der Waals surface area contributed by atoms with E-state index in [1.165, 1.54) is 18.5 Å². The first kappa shape index (κ1) is 15.3. The Morgan fingerprint density at radius 2 is 2.10 bits per heavy atom. The third-order valence-corrected chi connectivity index (χ3v) is 3.27. The van der Waals surface area contributed by atoms with E-state index < -0.39 is 6.10 Å². The lowest BCUT2D eigenvalue weighted by Crippen LogP contribution is -2.28. The van der Waals surface area contributed by atoms with E-state index in [2.05, 4.69) is 10.3 Å². The zero-order valence-electron chi connectivity index (χ0n) is 11.4. The summed E-state index contributed by atoms with van der Waals surface area (Å²) in [4.78, 5) is 15.8. The molecular formula is C15H15ClN2O3. The average molecular weight is 307 g/mol. The number of amides is 1. The van der Waals surface area contributed by atoms with Crippen molar-refractivity contribution in [2.45, 2.75) is 6.10 Å². The molecule has 0 saturated heterocycles. The Balaban J connectivity index is 1.95. The van der Waals surface area contributed by atoms with Crippen molar-refractivity contribution >= 4 is 17.5 Å². The molecule has 21 heavy (non-hydrogen) atoms. The number of ether oxygens (including phenoxy) is 1. The maximum absolute atomic E-state index is 11.9. The van der Waals surface area contributed by atoms with E-state index in [0.717, 1.165) is 0 Å². The highest BCUT2D eigenvalue weighted by molar-refractivity contribution is 6.33. The fourth-order valence-electron chi connectivity index (χ4n) is 1.79. The zero-order chi connectivity index (χ0) is 15.2. The van der Waals surface area contributed by atoms with E-state index in [4.69, 9.17) is 16.3 Å². The van der Waals surface area contributed by atoms with Crippen molar-refractivity contribution in [3.8, 4) is 5.75 Å². The molecule has 1 amide bonds. The molecule has 1 unspecified atom stereocenters. The van der Waals surface area contributed by atoms with E-state index in [1.807, 2.05) is 0 Å². The van der Waals surface area contributed by atoms with Gasteiger partial charge in [-0.05, 0) is 23.8 Å². The quantitative estimate of drug-likeness (QED) is 0.888. The maximum Gasteiger partial charge on any atom is 0.253 e. The highest BCUT2D eigenvalue weighted by Gasteiger charge is 2.13. The lowest BCUT2D eigenvalue weighted by Gasteiger charge is -2.13. The number of aromatic nitrogens is 1. The van der Waals surface area contributed by atoms with Gasteiger partial charge in [0.25, 0.3) is 5.91 Å². The van der Waals surface area contributed by atoms with Gasteiger partial charge in [-0.25, -0.2) is 0 Å². The fourth-order valence-corrected chi connectivity index (χ4v) is 1.99. The molecule has 2 N–H and O–H groups in total. The number of rotatable bonds is 5. The topological polar surface area (TPSA) is 71.5 Å². The van der Waals surface area contributed by atoms with Crippen molar-refractivity contribution in [2.75, 3.05) is 13.7 Å². The van der Waals surface area contributed by atoms with Crippen LogP contribution in [-0.4, -0.2) is 29.7 Å². The number of aliphatic hydroxyl groups is 1. The molecule has 0 saturated carbocycles. The number of hydrogen-bond donors (Lipinski definition) is 2. The number of benzene rings is 1. The molecule has 1 heterocycles. The number of methoxy groups -OCH3 is 1. The molecule has 0 radical (unpaired) electrons. The Morgan fingerprint density at radius 3 is 2.71 bits per heavy atom. The van der Waals surface area contributed by atoms with E-state index in [1.54, 1.807) is 31.4 Å². The Labute approximate surface area is 127 Å². The van der Waals surface area contributed by atoms with Crippen LogP contribution in [0.25, 0.3) is 0 Å². The van der Waals surface area contributed by atoms with E-state index in [0.29, 0.717) is 16.9 Å². The normalized spacial score (nSPS) is 11.8. The monoisotopic (exact) mass is 306 g/mol. The second-order valence-electron chi connectivity index (χ2n) is 4.35. The summed E-state index contributed by atoms with van der Waals surface area (Å²) >= 11 is 5.89. The molecule has 110 valence electrons. The summed E-state index contributed by atoms with van der Waals surface area (Å²) in [6.45, 7) is 0.0871. The van der Waals surface area contributed by atoms with Gasteiger partial charge in [0.05, 0.1) is 23.8 Å². The van der Waals surface area contributed by atoms with E-state index in [-0.39, 0.29) is 17.5 Å². The predicted octanol–water partition coefficient (Wildman–Crippen LogP) is 2.21. The van der Waals surface area contributed by atoms with E-state index >= 15 is 0 Å². The van der Waals surface area contributed by atoms with Crippen LogP contribution >= 0.6 is 11.6 Å². The SMILES string of the molecule is COc1ccc(C(O)CNC(=O)c2ccncc2Cl)cc1. The first-order valence-electron chi connectivity index (χ1n) is 6.31. The number of hydrogen-bond acceptors (Lipinski definition) is 4. The van der Waals surface area contributed by atoms with Crippen LogP contribution in [0.3, 0.4) is 0 Å². The van der Waals surface area contributed by atoms with Crippen molar-refractivity contribution in [1.82, 2.24) is 10.3 Å². The number of nitrogens with one attached hydrogen (secondary N) is 1. The third kappa shape index (κ3) is 3.93. The standard InChI is InChI=1S/C15H15ClN2O3/c1-21-11-4-2-10(3-5-11)14(19)9-18-15(20)12-6-7-17-8-13(12)16/h2-8,14,19H,9H2,1H3,(H,18,20). The maximum atomic E-state index is 11.9. The smallest absolute Gasteiger partial charge is 0.253 e. The molecule has 2 rings (SSSR count). The van der Waals surface area contributed by atoms with Gasteiger partial charge < -0.3 is 15.2 Å². The lowest BCUT2D eigenvalue weighted by atomic mass is 10.1. The number of carbonyl (C=O) groups excluding carboxylic acids is 1. The van der Waals surface area contributed by atoms with Crippen LogP contribution in [0.5, 0.6) is 5.75 Å². The Hall–Kier alpha value is -2.11. The van der Waals surface area contributed by atoms with Crippen LogP contribution in [0, 0.1) is 0 Å². The van der Waals surface area contributed by atoms with Gasteiger partial charge in [-0.15, -0.1) is 0 Å². The highest BCUT2D eigenvalue weighted by Crippen LogP contribution is 2.17. The molecule has 0 aliphatic rings. The van der Waals surface area contributed by atoms with Gasteiger partial charge in [-0.2, -0.15) is 0 Å². The minimum Gasteiger partial charge on any atom is -0.497 e. The molecule has 1 aromatic carbocycles. The van der Waals surface area contributed by atoms with Gasteiger partial charge in [0.1, 0.15) is 5.75 Å². The molecule has 1 atom stereocenters. The molecule has 2 aromatic rings. The minimum absolute atomic E-state index is 0.0871. The molecule has 1 aromatic heterocycles. The molecule has 0 aliphatic carbocycles. The Morgan fingerprint density at radius 1 is 1.38 bits per heavy atom. The van der Waals surface area contributed by atoms with E-state index in [9.17, 15) is 9.90 Å². The molecule has 0 aliphatic heterocycles. The second-order valence-corrected chi connectivity index (χ2v) is 4.76. The van der Waals surface area contributed by atoms with Gasteiger partial charge in [0.15, 0.2) is 0 Å². The lowest BCUT2D eigenvalue weighted by molar-refractivity contribution is 0.0916. The molecular weight excluding hydrogens is 292 g/mol. The highest BCUT2D eigenvalue weighted by atomic mass is 35.5. The molecule has 0 bridgehead atoms. The third-order valence-electron chi connectivity index (χ3n) is 2.97. The summed E-state index contributed by atoms with van der Waals surface area (Å²) in [5.41, 5.74) is 1.02. The summed E-state index contributed by atoms with van der Waals surface area (Å²) in [6.07, 6.45) is 2.08. The number of aliphatic hydroxyl groups excluding tert-OH is 1.